The van der Waals surface area contributed by atoms with Crippen LogP contribution >= 0.6 is 31.9 Å². The van der Waals surface area contributed by atoms with Gasteiger partial charge in [0.05, 0.1) is 5.56 Å². The summed E-state index contributed by atoms with van der Waals surface area (Å²) in [5.41, 5.74) is 0.484. The molecule has 4 nitrogen and oxygen atoms in total. The van der Waals surface area contributed by atoms with Crippen LogP contribution < -0.4 is 0 Å². The molecule has 1 amide bonds. The van der Waals surface area contributed by atoms with Crippen LogP contribution in [0.5, 0.6) is 0 Å². The summed E-state index contributed by atoms with van der Waals surface area (Å²) in [5, 5.41) is 9.09. The summed E-state index contributed by atoms with van der Waals surface area (Å²) in [6.45, 7) is 0.495. The van der Waals surface area contributed by atoms with Gasteiger partial charge in [-0.25, -0.2) is 4.79 Å². The monoisotopic (exact) mass is 375 g/mol. The third kappa shape index (κ3) is 2.59. The SMILES string of the molecule is O=C(O)[C@H]1CCCN1C(=O)c1cc(Br)ccc1Br. The van der Waals surface area contributed by atoms with Crippen LogP contribution in [-0.2, 0) is 4.79 Å². The minimum absolute atomic E-state index is 0.243. The molecule has 0 bridgehead atoms. The van der Waals surface area contributed by atoms with Crippen LogP contribution in [0.25, 0.3) is 0 Å². The fraction of sp³-hybridized carbons (Fsp3) is 0.333. The highest BCUT2D eigenvalue weighted by Crippen LogP contribution is 2.26. The molecule has 1 aromatic carbocycles. The Labute approximate surface area is 121 Å². The fourth-order valence-electron chi connectivity index (χ4n) is 2.08. The van der Waals surface area contributed by atoms with Crippen molar-refractivity contribution in [1.29, 1.82) is 0 Å². The van der Waals surface area contributed by atoms with Crippen molar-refractivity contribution in [2.75, 3.05) is 6.54 Å². The van der Waals surface area contributed by atoms with E-state index in [0.29, 0.717) is 23.0 Å². The first-order valence-corrected chi connectivity index (χ1v) is 7.08. The number of nitrogens with zero attached hydrogens (tertiary/aromatic N) is 1. The van der Waals surface area contributed by atoms with E-state index in [1.807, 2.05) is 6.07 Å². The summed E-state index contributed by atoms with van der Waals surface area (Å²) >= 11 is 6.63. The zero-order valence-electron chi connectivity index (χ0n) is 9.40. The van der Waals surface area contributed by atoms with Crippen molar-refractivity contribution < 1.29 is 14.7 Å². The van der Waals surface area contributed by atoms with Crippen LogP contribution in [0.1, 0.15) is 23.2 Å². The van der Waals surface area contributed by atoms with E-state index in [2.05, 4.69) is 31.9 Å². The van der Waals surface area contributed by atoms with Gasteiger partial charge in [0.25, 0.3) is 5.91 Å². The lowest BCUT2D eigenvalue weighted by Crippen LogP contribution is -2.40. The third-order valence-electron chi connectivity index (χ3n) is 2.96. The highest BCUT2D eigenvalue weighted by molar-refractivity contribution is 9.11. The Bertz CT molecular complexity index is 504. The second-order valence-corrected chi connectivity index (χ2v) is 5.89. The highest BCUT2D eigenvalue weighted by Gasteiger charge is 2.34. The molecule has 1 atom stereocenters. The second kappa shape index (κ2) is 5.40. The molecule has 1 saturated heterocycles. The van der Waals surface area contributed by atoms with Crippen molar-refractivity contribution in [3.05, 3.63) is 32.7 Å². The summed E-state index contributed by atoms with van der Waals surface area (Å²) in [5.74, 6) is -1.18. The Balaban J connectivity index is 2.31. The lowest BCUT2D eigenvalue weighted by Gasteiger charge is -2.22. The van der Waals surface area contributed by atoms with Crippen molar-refractivity contribution in [2.24, 2.45) is 0 Å². The largest absolute Gasteiger partial charge is 0.480 e. The van der Waals surface area contributed by atoms with Gasteiger partial charge in [-0.05, 0) is 47.0 Å². The quantitative estimate of drug-likeness (QED) is 0.863. The van der Waals surface area contributed by atoms with Gasteiger partial charge in [-0.3, -0.25) is 4.79 Å². The first-order chi connectivity index (χ1) is 8.50. The third-order valence-corrected chi connectivity index (χ3v) is 4.14. The minimum atomic E-state index is -0.938. The number of amides is 1. The van der Waals surface area contributed by atoms with Gasteiger partial charge in [0, 0.05) is 15.5 Å². The molecule has 0 unspecified atom stereocenters. The Kier molecular flexibility index (Phi) is 4.07. The van der Waals surface area contributed by atoms with Crippen LogP contribution in [0.2, 0.25) is 0 Å². The van der Waals surface area contributed by atoms with Gasteiger partial charge in [-0.15, -0.1) is 0 Å². The molecule has 0 aromatic heterocycles. The van der Waals surface area contributed by atoms with E-state index in [-0.39, 0.29) is 5.91 Å². The number of carboxylic acid groups (broad SMARTS) is 1. The maximum atomic E-state index is 12.3. The molecule has 0 spiro atoms. The first-order valence-electron chi connectivity index (χ1n) is 5.49. The molecule has 1 aliphatic heterocycles. The molecule has 1 fully saturated rings. The van der Waals surface area contributed by atoms with Gasteiger partial charge in [0.15, 0.2) is 0 Å². The number of halogens is 2. The molecule has 1 N–H and O–H groups in total. The molecule has 0 radical (unpaired) electrons. The summed E-state index contributed by atoms with van der Waals surface area (Å²) in [4.78, 5) is 24.9. The van der Waals surface area contributed by atoms with Gasteiger partial charge in [0.1, 0.15) is 6.04 Å². The standard InChI is InChI=1S/C12H11Br2NO3/c13-7-3-4-9(14)8(6-7)11(16)15-5-1-2-10(15)12(17)18/h3-4,6,10H,1-2,5H2,(H,17,18)/t10-/m1/s1. The minimum Gasteiger partial charge on any atom is -0.480 e. The predicted molar refractivity (Wildman–Crippen MR) is 73.5 cm³/mol. The lowest BCUT2D eigenvalue weighted by atomic mass is 10.1. The molecule has 2 rings (SSSR count). The van der Waals surface area contributed by atoms with Gasteiger partial charge in [-0.2, -0.15) is 0 Å². The van der Waals surface area contributed by atoms with Gasteiger partial charge in [-0.1, -0.05) is 15.9 Å². The number of carbonyl (C=O) groups excluding carboxylic acids is 1. The number of hydrogen-bond acceptors (Lipinski definition) is 2. The maximum absolute atomic E-state index is 12.3. The van der Waals surface area contributed by atoms with Crippen LogP contribution in [-0.4, -0.2) is 34.5 Å². The topological polar surface area (TPSA) is 57.6 Å². The Morgan fingerprint density at radius 1 is 1.33 bits per heavy atom. The van der Waals surface area contributed by atoms with Gasteiger partial charge >= 0.3 is 5.97 Å². The zero-order chi connectivity index (χ0) is 13.3. The molecule has 1 heterocycles. The summed E-state index contributed by atoms with van der Waals surface area (Å²) < 4.78 is 1.46. The number of carboxylic acids is 1. The van der Waals surface area contributed by atoms with Crippen LogP contribution in [0.3, 0.4) is 0 Å². The molecule has 0 saturated carbocycles. The van der Waals surface area contributed by atoms with Gasteiger partial charge in [0.2, 0.25) is 0 Å². The molecule has 1 aromatic rings. The zero-order valence-corrected chi connectivity index (χ0v) is 12.6. The summed E-state index contributed by atoms with van der Waals surface area (Å²) in [6, 6.07) is 4.58. The summed E-state index contributed by atoms with van der Waals surface area (Å²) in [6.07, 6.45) is 1.25. The molecule has 0 aliphatic carbocycles. The van der Waals surface area contributed by atoms with E-state index in [1.54, 1.807) is 12.1 Å². The summed E-state index contributed by atoms with van der Waals surface area (Å²) in [7, 11) is 0. The first kappa shape index (κ1) is 13.5. The average Bonchev–Trinajstić information content (AvgIpc) is 2.80. The maximum Gasteiger partial charge on any atom is 0.326 e. The highest BCUT2D eigenvalue weighted by atomic mass is 79.9. The normalized spacial score (nSPS) is 19.0. The van der Waals surface area contributed by atoms with Crippen LogP contribution in [0.4, 0.5) is 0 Å². The van der Waals surface area contributed by atoms with Gasteiger partial charge < -0.3 is 10.0 Å². The number of carbonyl (C=O) groups is 2. The predicted octanol–water partition coefficient (Wildman–Crippen LogP) is 2.90. The van der Waals surface area contributed by atoms with E-state index >= 15 is 0 Å². The molecule has 96 valence electrons. The Morgan fingerprint density at radius 3 is 2.72 bits per heavy atom. The van der Waals surface area contributed by atoms with Crippen molar-refractivity contribution >= 4 is 43.7 Å². The molecule has 18 heavy (non-hydrogen) atoms. The number of likely N-dealkylation sites (tertiary alicyclic amines) is 1. The second-order valence-electron chi connectivity index (χ2n) is 4.12. The molecular weight excluding hydrogens is 366 g/mol. The van der Waals surface area contributed by atoms with Crippen molar-refractivity contribution in [1.82, 2.24) is 4.90 Å². The van der Waals surface area contributed by atoms with E-state index in [9.17, 15) is 9.59 Å². The van der Waals surface area contributed by atoms with Crippen molar-refractivity contribution in [2.45, 2.75) is 18.9 Å². The molecular formula is C12H11Br2NO3. The fourth-order valence-corrected chi connectivity index (χ4v) is 2.86. The number of aliphatic carboxylic acids is 1. The lowest BCUT2D eigenvalue weighted by molar-refractivity contribution is -0.141. The number of benzene rings is 1. The molecule has 6 heteroatoms. The van der Waals surface area contributed by atoms with Crippen molar-refractivity contribution in [3.8, 4) is 0 Å². The number of rotatable bonds is 2. The van der Waals surface area contributed by atoms with E-state index in [1.165, 1.54) is 4.90 Å². The Hall–Kier alpha value is -0.880. The average molecular weight is 377 g/mol. The van der Waals surface area contributed by atoms with Crippen LogP contribution in [0, 0.1) is 0 Å². The smallest absolute Gasteiger partial charge is 0.326 e. The number of hydrogen-bond donors (Lipinski definition) is 1. The van der Waals surface area contributed by atoms with E-state index < -0.39 is 12.0 Å². The molecule has 1 aliphatic rings. The Morgan fingerprint density at radius 2 is 2.06 bits per heavy atom. The van der Waals surface area contributed by atoms with Crippen molar-refractivity contribution in [3.63, 3.8) is 0 Å². The van der Waals surface area contributed by atoms with E-state index in [4.69, 9.17) is 5.11 Å². The van der Waals surface area contributed by atoms with Crippen LogP contribution in [0.15, 0.2) is 27.1 Å². The van der Waals surface area contributed by atoms with E-state index in [0.717, 1.165) is 10.9 Å².